The molecule has 3 nitrogen and oxygen atoms in total. The molecule has 1 atom stereocenters. The Bertz CT molecular complexity index is 346. The largest absolute Gasteiger partial charge is 0.383 e. The summed E-state index contributed by atoms with van der Waals surface area (Å²) < 4.78 is 0. The SMILES string of the molecule is CC.CC(C)Nc1ccc(N2CCNC(C)C2)cc1. The molecular formula is C16H29N3. The first-order valence-corrected chi connectivity index (χ1v) is 7.50. The van der Waals surface area contributed by atoms with Crippen molar-refractivity contribution < 1.29 is 0 Å². The number of rotatable bonds is 3. The van der Waals surface area contributed by atoms with Gasteiger partial charge in [-0.3, -0.25) is 0 Å². The molecule has 2 N–H and O–H groups in total. The van der Waals surface area contributed by atoms with Crippen molar-refractivity contribution in [2.75, 3.05) is 29.9 Å². The highest BCUT2D eigenvalue weighted by molar-refractivity contribution is 5.55. The van der Waals surface area contributed by atoms with Crippen molar-refractivity contribution >= 4 is 11.4 Å². The first-order valence-electron chi connectivity index (χ1n) is 7.50. The molecule has 108 valence electrons. The first-order chi connectivity index (χ1) is 9.15. The van der Waals surface area contributed by atoms with E-state index in [0.717, 1.165) is 19.6 Å². The number of anilines is 2. The van der Waals surface area contributed by atoms with Gasteiger partial charge in [0.15, 0.2) is 0 Å². The molecule has 0 saturated carbocycles. The molecule has 0 amide bonds. The number of hydrogen-bond donors (Lipinski definition) is 2. The topological polar surface area (TPSA) is 27.3 Å². The molecule has 1 aromatic rings. The van der Waals surface area contributed by atoms with E-state index in [1.54, 1.807) is 0 Å². The number of nitrogens with zero attached hydrogens (tertiary/aromatic N) is 1. The second-order valence-corrected chi connectivity index (χ2v) is 5.15. The lowest BCUT2D eigenvalue weighted by Crippen LogP contribution is -2.49. The molecule has 0 spiro atoms. The maximum atomic E-state index is 3.47. The van der Waals surface area contributed by atoms with Crippen LogP contribution in [0.1, 0.15) is 34.6 Å². The molecule has 1 aliphatic heterocycles. The van der Waals surface area contributed by atoms with Gasteiger partial charge in [-0.1, -0.05) is 13.8 Å². The van der Waals surface area contributed by atoms with Crippen LogP contribution in [0.2, 0.25) is 0 Å². The van der Waals surface area contributed by atoms with Gasteiger partial charge in [-0.2, -0.15) is 0 Å². The van der Waals surface area contributed by atoms with Gasteiger partial charge in [0.05, 0.1) is 0 Å². The van der Waals surface area contributed by atoms with Gasteiger partial charge >= 0.3 is 0 Å². The van der Waals surface area contributed by atoms with Crippen LogP contribution < -0.4 is 15.5 Å². The fourth-order valence-electron chi connectivity index (χ4n) is 2.27. The first kappa shape index (κ1) is 15.8. The van der Waals surface area contributed by atoms with Crippen LogP contribution in [0, 0.1) is 0 Å². The lowest BCUT2D eigenvalue weighted by Gasteiger charge is -2.33. The van der Waals surface area contributed by atoms with Gasteiger partial charge in [0.1, 0.15) is 0 Å². The van der Waals surface area contributed by atoms with E-state index < -0.39 is 0 Å². The quantitative estimate of drug-likeness (QED) is 0.876. The highest BCUT2D eigenvalue weighted by Gasteiger charge is 2.15. The van der Waals surface area contributed by atoms with E-state index in [4.69, 9.17) is 0 Å². The van der Waals surface area contributed by atoms with Crippen molar-refractivity contribution in [3.63, 3.8) is 0 Å². The molecule has 0 radical (unpaired) electrons. The highest BCUT2D eigenvalue weighted by atomic mass is 15.2. The van der Waals surface area contributed by atoms with E-state index in [1.165, 1.54) is 11.4 Å². The third kappa shape index (κ3) is 5.11. The summed E-state index contributed by atoms with van der Waals surface area (Å²) in [6.45, 7) is 13.8. The summed E-state index contributed by atoms with van der Waals surface area (Å²) in [4.78, 5) is 2.44. The minimum atomic E-state index is 0.486. The monoisotopic (exact) mass is 263 g/mol. The van der Waals surface area contributed by atoms with Crippen molar-refractivity contribution in [3.8, 4) is 0 Å². The van der Waals surface area contributed by atoms with Crippen LogP contribution in [-0.4, -0.2) is 31.7 Å². The number of piperazine rings is 1. The Morgan fingerprint density at radius 3 is 2.37 bits per heavy atom. The van der Waals surface area contributed by atoms with Crippen LogP contribution in [0.5, 0.6) is 0 Å². The van der Waals surface area contributed by atoms with Gasteiger partial charge < -0.3 is 15.5 Å². The van der Waals surface area contributed by atoms with Gasteiger partial charge in [-0.15, -0.1) is 0 Å². The molecule has 1 fully saturated rings. The Kier molecular flexibility index (Phi) is 6.71. The molecule has 0 aliphatic carbocycles. The standard InChI is InChI=1S/C14H23N3.C2H6/c1-11(2)16-13-4-6-14(7-5-13)17-9-8-15-12(3)10-17;1-2/h4-7,11-12,15-16H,8-10H2,1-3H3;1-2H3. The molecule has 1 aromatic carbocycles. The molecule has 1 aliphatic rings. The molecule has 2 rings (SSSR count). The predicted octanol–water partition coefficient (Wildman–Crippen LogP) is 3.33. The molecule has 19 heavy (non-hydrogen) atoms. The van der Waals surface area contributed by atoms with Gasteiger partial charge in [0.2, 0.25) is 0 Å². The highest BCUT2D eigenvalue weighted by Crippen LogP contribution is 2.19. The summed E-state index contributed by atoms with van der Waals surface area (Å²) in [5, 5.41) is 6.88. The molecule has 3 heteroatoms. The van der Waals surface area contributed by atoms with Crippen LogP contribution in [-0.2, 0) is 0 Å². The van der Waals surface area contributed by atoms with Crippen LogP contribution in [0.25, 0.3) is 0 Å². The molecule has 1 unspecified atom stereocenters. The molecule has 1 heterocycles. The number of hydrogen-bond acceptors (Lipinski definition) is 3. The van der Waals surface area contributed by atoms with Crippen LogP contribution in [0.3, 0.4) is 0 Å². The number of benzene rings is 1. The Hall–Kier alpha value is -1.22. The minimum absolute atomic E-state index is 0.486. The minimum Gasteiger partial charge on any atom is -0.383 e. The summed E-state index contributed by atoms with van der Waals surface area (Å²) >= 11 is 0. The zero-order valence-corrected chi connectivity index (χ0v) is 13.0. The number of nitrogens with one attached hydrogen (secondary N) is 2. The Balaban J connectivity index is 0.000000861. The maximum Gasteiger partial charge on any atom is 0.0368 e. The van der Waals surface area contributed by atoms with E-state index in [-0.39, 0.29) is 0 Å². The fraction of sp³-hybridized carbons (Fsp3) is 0.625. The average Bonchev–Trinajstić information content (AvgIpc) is 2.41. The molecule has 0 aromatic heterocycles. The van der Waals surface area contributed by atoms with Crippen molar-refractivity contribution in [1.29, 1.82) is 0 Å². The van der Waals surface area contributed by atoms with E-state index >= 15 is 0 Å². The lowest BCUT2D eigenvalue weighted by molar-refractivity contribution is 0.485. The average molecular weight is 263 g/mol. The Morgan fingerprint density at radius 2 is 1.84 bits per heavy atom. The van der Waals surface area contributed by atoms with Gasteiger partial charge in [0, 0.05) is 43.1 Å². The summed E-state index contributed by atoms with van der Waals surface area (Å²) in [6.07, 6.45) is 0. The lowest BCUT2D eigenvalue weighted by atomic mass is 10.2. The summed E-state index contributed by atoms with van der Waals surface area (Å²) in [7, 11) is 0. The van der Waals surface area contributed by atoms with E-state index in [9.17, 15) is 0 Å². The van der Waals surface area contributed by atoms with Crippen molar-refractivity contribution in [3.05, 3.63) is 24.3 Å². The van der Waals surface area contributed by atoms with Crippen LogP contribution in [0.4, 0.5) is 11.4 Å². The fourth-order valence-corrected chi connectivity index (χ4v) is 2.27. The van der Waals surface area contributed by atoms with Crippen LogP contribution in [0.15, 0.2) is 24.3 Å². The second-order valence-electron chi connectivity index (χ2n) is 5.15. The van der Waals surface area contributed by atoms with Crippen LogP contribution >= 0.6 is 0 Å². The predicted molar refractivity (Wildman–Crippen MR) is 86.2 cm³/mol. The third-order valence-electron chi connectivity index (χ3n) is 3.06. The summed E-state index contributed by atoms with van der Waals surface area (Å²) in [6, 6.07) is 9.83. The van der Waals surface area contributed by atoms with Crippen molar-refractivity contribution in [1.82, 2.24) is 5.32 Å². The van der Waals surface area contributed by atoms with E-state index in [2.05, 4.69) is 60.6 Å². The van der Waals surface area contributed by atoms with Gasteiger partial charge in [0.25, 0.3) is 0 Å². The zero-order valence-electron chi connectivity index (χ0n) is 13.0. The summed E-state index contributed by atoms with van der Waals surface area (Å²) in [5.41, 5.74) is 2.53. The van der Waals surface area contributed by atoms with Gasteiger partial charge in [-0.25, -0.2) is 0 Å². The normalized spacial score (nSPS) is 18.8. The smallest absolute Gasteiger partial charge is 0.0368 e. The Labute approximate surface area is 118 Å². The zero-order chi connectivity index (χ0) is 14.3. The third-order valence-corrected chi connectivity index (χ3v) is 3.06. The van der Waals surface area contributed by atoms with E-state index in [1.807, 2.05) is 13.8 Å². The second kappa shape index (κ2) is 8.05. The maximum absolute atomic E-state index is 3.47. The van der Waals surface area contributed by atoms with E-state index in [0.29, 0.717) is 12.1 Å². The van der Waals surface area contributed by atoms with Gasteiger partial charge in [-0.05, 0) is 45.0 Å². The molecule has 1 saturated heterocycles. The van der Waals surface area contributed by atoms with Crippen molar-refractivity contribution in [2.45, 2.75) is 46.7 Å². The molecular weight excluding hydrogens is 234 g/mol. The van der Waals surface area contributed by atoms with Crippen molar-refractivity contribution in [2.24, 2.45) is 0 Å². The molecule has 0 bridgehead atoms. The Morgan fingerprint density at radius 1 is 1.21 bits per heavy atom. The summed E-state index contributed by atoms with van der Waals surface area (Å²) in [5.74, 6) is 0.